The zero-order valence-electron chi connectivity index (χ0n) is 12.1. The lowest BCUT2D eigenvalue weighted by Gasteiger charge is -2.14. The second-order valence-electron chi connectivity index (χ2n) is 5.33. The maximum absolute atomic E-state index is 12.0. The molecule has 3 nitrogen and oxygen atoms in total. The molecule has 0 spiro atoms. The van der Waals surface area contributed by atoms with Gasteiger partial charge in [-0.1, -0.05) is 26.0 Å². The fraction of sp³-hybridized carbons (Fsp3) is 0.467. The highest BCUT2D eigenvalue weighted by molar-refractivity contribution is 8.15. The van der Waals surface area contributed by atoms with Gasteiger partial charge < -0.3 is 5.32 Å². The molecule has 1 unspecified atom stereocenters. The summed E-state index contributed by atoms with van der Waals surface area (Å²) in [4.78, 5) is 16.5. The average molecular weight is 308 g/mol. The minimum absolute atomic E-state index is 0.174. The van der Waals surface area contributed by atoms with E-state index in [0.717, 1.165) is 21.1 Å². The highest BCUT2D eigenvalue weighted by Gasteiger charge is 2.13. The topological polar surface area (TPSA) is 42.0 Å². The van der Waals surface area contributed by atoms with Gasteiger partial charge in [-0.05, 0) is 43.3 Å². The lowest BCUT2D eigenvalue weighted by molar-refractivity contribution is -0.111. The summed E-state index contributed by atoms with van der Waals surface area (Å²) in [5, 5.41) is 3.55. The van der Waals surface area contributed by atoms with Gasteiger partial charge in [0.05, 0.1) is 10.2 Å². The van der Waals surface area contributed by atoms with Crippen LogP contribution < -0.4 is 5.32 Å². The van der Waals surface area contributed by atoms with Crippen molar-refractivity contribution < 1.29 is 4.79 Å². The number of benzene rings is 1. The molecular formula is C15H20N2OS2. The minimum Gasteiger partial charge on any atom is -0.314 e. The second kappa shape index (κ2) is 7.20. The Morgan fingerprint density at radius 1 is 1.35 bits per heavy atom. The molecular weight excluding hydrogens is 288 g/mol. The number of nitrogens with one attached hydrogen (secondary N) is 1. The van der Waals surface area contributed by atoms with Crippen molar-refractivity contribution in [2.45, 2.75) is 37.6 Å². The molecule has 1 atom stereocenters. The van der Waals surface area contributed by atoms with Gasteiger partial charge in [-0.3, -0.25) is 4.79 Å². The third-order valence-corrected chi connectivity index (χ3v) is 4.81. The Morgan fingerprint density at radius 2 is 2.10 bits per heavy atom. The van der Waals surface area contributed by atoms with Gasteiger partial charge in [0.2, 0.25) is 0 Å². The normalized spacial score (nSPS) is 13.0. The maximum Gasteiger partial charge on any atom is 0.197 e. The number of nitrogens with zero attached hydrogens (tertiary/aromatic N) is 1. The monoisotopic (exact) mass is 308 g/mol. The van der Waals surface area contributed by atoms with Gasteiger partial charge >= 0.3 is 0 Å². The van der Waals surface area contributed by atoms with Gasteiger partial charge in [0.25, 0.3) is 0 Å². The maximum atomic E-state index is 12.0. The predicted molar refractivity (Wildman–Crippen MR) is 87.4 cm³/mol. The van der Waals surface area contributed by atoms with Gasteiger partial charge in [-0.15, -0.1) is 11.3 Å². The summed E-state index contributed by atoms with van der Waals surface area (Å²) in [6.07, 6.45) is 0.535. The number of thiazole rings is 1. The molecule has 0 aliphatic heterocycles. The van der Waals surface area contributed by atoms with Crippen LogP contribution in [-0.4, -0.2) is 22.7 Å². The molecule has 0 amide bonds. The van der Waals surface area contributed by atoms with Crippen molar-refractivity contribution in [3.05, 3.63) is 24.3 Å². The van der Waals surface area contributed by atoms with E-state index in [4.69, 9.17) is 0 Å². The zero-order valence-corrected chi connectivity index (χ0v) is 13.7. The zero-order chi connectivity index (χ0) is 14.5. The number of hydrogen-bond donors (Lipinski definition) is 1. The number of carbonyl (C=O) groups is 1. The van der Waals surface area contributed by atoms with Crippen molar-refractivity contribution in [2.75, 3.05) is 6.54 Å². The largest absolute Gasteiger partial charge is 0.314 e. The summed E-state index contributed by atoms with van der Waals surface area (Å²) in [7, 11) is 0. The van der Waals surface area contributed by atoms with Gasteiger partial charge in [0.1, 0.15) is 0 Å². The highest BCUT2D eigenvalue weighted by atomic mass is 32.2. The van der Waals surface area contributed by atoms with E-state index >= 15 is 0 Å². The third kappa shape index (κ3) is 4.58. The van der Waals surface area contributed by atoms with Crippen LogP contribution in [0.15, 0.2) is 28.6 Å². The Labute approximate surface area is 128 Å². The smallest absolute Gasteiger partial charge is 0.197 e. The van der Waals surface area contributed by atoms with E-state index in [2.05, 4.69) is 31.1 Å². The van der Waals surface area contributed by atoms with Gasteiger partial charge in [0, 0.05) is 12.5 Å². The molecule has 2 rings (SSSR count). The number of para-hydroxylation sites is 1. The molecule has 0 aliphatic carbocycles. The quantitative estimate of drug-likeness (QED) is 0.821. The van der Waals surface area contributed by atoms with Crippen LogP contribution >= 0.6 is 23.1 Å². The summed E-state index contributed by atoms with van der Waals surface area (Å²) >= 11 is 2.84. The molecule has 1 N–H and O–H groups in total. The summed E-state index contributed by atoms with van der Waals surface area (Å²) in [5.41, 5.74) is 0.971. The molecule has 0 saturated carbocycles. The van der Waals surface area contributed by atoms with Crippen molar-refractivity contribution >= 4 is 38.4 Å². The van der Waals surface area contributed by atoms with Crippen LogP contribution in [0.5, 0.6) is 0 Å². The Morgan fingerprint density at radius 3 is 2.80 bits per heavy atom. The first-order chi connectivity index (χ1) is 9.54. The van der Waals surface area contributed by atoms with E-state index in [0.29, 0.717) is 12.3 Å². The molecule has 0 radical (unpaired) electrons. The van der Waals surface area contributed by atoms with Crippen molar-refractivity contribution in [3.63, 3.8) is 0 Å². The number of carbonyl (C=O) groups excluding carboxylic acids is 1. The third-order valence-electron chi connectivity index (χ3n) is 2.82. The number of rotatable bonds is 6. The fourth-order valence-electron chi connectivity index (χ4n) is 1.79. The van der Waals surface area contributed by atoms with Crippen LogP contribution in [0.2, 0.25) is 0 Å². The minimum atomic E-state index is 0.174. The van der Waals surface area contributed by atoms with Crippen molar-refractivity contribution in [2.24, 2.45) is 5.92 Å². The van der Waals surface area contributed by atoms with Crippen molar-refractivity contribution in [1.29, 1.82) is 0 Å². The Bertz CT molecular complexity index is 547. The average Bonchev–Trinajstić information content (AvgIpc) is 2.78. The molecule has 1 aromatic heterocycles. The van der Waals surface area contributed by atoms with Crippen molar-refractivity contribution in [1.82, 2.24) is 10.3 Å². The van der Waals surface area contributed by atoms with Gasteiger partial charge in [0.15, 0.2) is 9.45 Å². The van der Waals surface area contributed by atoms with E-state index in [-0.39, 0.29) is 11.2 Å². The molecule has 0 saturated heterocycles. The molecule has 0 fully saturated rings. The van der Waals surface area contributed by atoms with Crippen LogP contribution in [0.25, 0.3) is 10.2 Å². The van der Waals surface area contributed by atoms with Crippen LogP contribution in [0.3, 0.4) is 0 Å². The summed E-state index contributed by atoms with van der Waals surface area (Å²) in [6, 6.07) is 8.19. The Kier molecular flexibility index (Phi) is 5.57. The number of fused-ring (bicyclic) bond motifs is 1. The van der Waals surface area contributed by atoms with E-state index in [9.17, 15) is 4.79 Å². The first kappa shape index (κ1) is 15.5. The number of hydrogen-bond acceptors (Lipinski definition) is 5. The molecule has 108 valence electrons. The molecule has 20 heavy (non-hydrogen) atoms. The van der Waals surface area contributed by atoms with Crippen LogP contribution in [0.4, 0.5) is 0 Å². The molecule has 1 heterocycles. The summed E-state index contributed by atoms with van der Waals surface area (Å²) < 4.78 is 1.97. The Hall–Kier alpha value is -0.910. The van der Waals surface area contributed by atoms with Crippen LogP contribution in [-0.2, 0) is 4.79 Å². The highest BCUT2D eigenvalue weighted by Crippen LogP contribution is 2.30. The predicted octanol–water partition coefficient (Wildman–Crippen LogP) is 3.94. The summed E-state index contributed by atoms with van der Waals surface area (Å²) in [5.74, 6) is 0.601. The van der Waals surface area contributed by atoms with Crippen LogP contribution in [0, 0.1) is 5.92 Å². The number of thioether (sulfide) groups is 1. The van der Waals surface area contributed by atoms with E-state index in [1.807, 2.05) is 24.3 Å². The lowest BCUT2D eigenvalue weighted by atomic mass is 10.2. The first-order valence-electron chi connectivity index (χ1n) is 6.84. The van der Waals surface area contributed by atoms with Crippen molar-refractivity contribution in [3.8, 4) is 0 Å². The molecule has 5 heteroatoms. The number of aromatic nitrogens is 1. The standard InChI is InChI=1S/C15H20N2OS2/c1-10(2)9-16-11(3)8-14(18)20-15-17-12-6-4-5-7-13(12)19-15/h4-7,10-11,16H,8-9H2,1-3H3. The van der Waals surface area contributed by atoms with Gasteiger partial charge in [-0.2, -0.15) is 0 Å². The summed E-state index contributed by atoms with van der Waals surface area (Å²) in [6.45, 7) is 7.33. The fourth-order valence-corrected chi connectivity index (χ4v) is 3.88. The Balaban J connectivity index is 1.87. The lowest BCUT2D eigenvalue weighted by Crippen LogP contribution is -2.31. The van der Waals surface area contributed by atoms with Crippen LogP contribution in [0.1, 0.15) is 27.2 Å². The molecule has 0 bridgehead atoms. The van der Waals surface area contributed by atoms with E-state index < -0.39 is 0 Å². The SMILES string of the molecule is CC(C)CNC(C)CC(=O)Sc1nc2ccccc2s1. The first-order valence-corrected chi connectivity index (χ1v) is 8.47. The van der Waals surface area contributed by atoms with E-state index in [1.54, 1.807) is 11.3 Å². The molecule has 2 aromatic rings. The molecule has 1 aromatic carbocycles. The second-order valence-corrected chi connectivity index (χ2v) is 7.66. The van der Waals surface area contributed by atoms with Gasteiger partial charge in [-0.25, -0.2) is 4.98 Å². The molecule has 0 aliphatic rings. The van der Waals surface area contributed by atoms with E-state index in [1.165, 1.54) is 11.8 Å².